The van der Waals surface area contributed by atoms with Crippen LogP contribution in [0.2, 0.25) is 0 Å². The Balaban J connectivity index is 1.87. The summed E-state index contributed by atoms with van der Waals surface area (Å²) in [4.78, 5) is 24.2. The standard InChI is InChI=1S/C17H11N7O4/c18-7-12-15(13(8-19)17(25)21-16(12)20)10-1-3-11(4-2-10)28-9-23-6-5-14(22-23)24(26)27/h1-6H,9H2,(H3,20,21,25). The number of hydrogen-bond acceptors (Lipinski definition) is 8. The van der Waals surface area contributed by atoms with E-state index in [1.807, 2.05) is 6.07 Å². The van der Waals surface area contributed by atoms with Crippen LogP contribution in [0.4, 0.5) is 11.6 Å². The first kappa shape index (κ1) is 18.2. The summed E-state index contributed by atoms with van der Waals surface area (Å²) >= 11 is 0. The molecule has 0 aliphatic carbocycles. The summed E-state index contributed by atoms with van der Waals surface area (Å²) < 4.78 is 6.75. The van der Waals surface area contributed by atoms with Crippen molar-refractivity contribution in [3.63, 3.8) is 0 Å². The van der Waals surface area contributed by atoms with Crippen LogP contribution in [0.25, 0.3) is 11.1 Å². The molecule has 3 aromatic rings. The molecule has 0 amide bonds. The summed E-state index contributed by atoms with van der Waals surface area (Å²) in [6, 6.07) is 11.2. The highest BCUT2D eigenvalue weighted by molar-refractivity contribution is 5.80. The van der Waals surface area contributed by atoms with E-state index < -0.39 is 10.5 Å². The van der Waals surface area contributed by atoms with E-state index in [0.29, 0.717) is 11.3 Å². The van der Waals surface area contributed by atoms with Gasteiger partial charge in [-0.05, 0) is 22.6 Å². The van der Waals surface area contributed by atoms with E-state index in [-0.39, 0.29) is 35.1 Å². The minimum atomic E-state index is -0.686. The number of nitrogen functional groups attached to an aromatic ring is 1. The van der Waals surface area contributed by atoms with Gasteiger partial charge in [0.05, 0.1) is 17.4 Å². The Kier molecular flexibility index (Phi) is 4.74. The minimum Gasteiger partial charge on any atom is -0.469 e. The Labute approximate surface area is 157 Å². The van der Waals surface area contributed by atoms with E-state index in [1.165, 1.54) is 16.9 Å². The Bertz CT molecular complexity index is 1200. The van der Waals surface area contributed by atoms with Gasteiger partial charge in [0.1, 0.15) is 34.8 Å². The number of nitro groups is 1. The van der Waals surface area contributed by atoms with E-state index in [9.17, 15) is 25.4 Å². The normalized spacial score (nSPS) is 10.1. The molecule has 28 heavy (non-hydrogen) atoms. The van der Waals surface area contributed by atoms with Gasteiger partial charge in [-0.15, -0.1) is 4.68 Å². The molecule has 1 aromatic carbocycles. The number of anilines is 1. The fraction of sp³-hybridized carbons (Fsp3) is 0.0588. The minimum absolute atomic E-state index is 0.00586. The first-order valence-corrected chi connectivity index (χ1v) is 7.71. The number of nitrogens with one attached hydrogen (secondary N) is 1. The number of aromatic amines is 1. The van der Waals surface area contributed by atoms with Crippen LogP contribution >= 0.6 is 0 Å². The number of H-pyrrole nitrogens is 1. The lowest BCUT2D eigenvalue weighted by atomic mass is 9.97. The van der Waals surface area contributed by atoms with Crippen molar-refractivity contribution in [1.29, 1.82) is 10.5 Å². The first-order valence-electron chi connectivity index (χ1n) is 7.71. The molecule has 11 heteroatoms. The van der Waals surface area contributed by atoms with Crippen molar-refractivity contribution in [1.82, 2.24) is 14.8 Å². The summed E-state index contributed by atoms with van der Waals surface area (Å²) in [6.45, 7) is -0.0575. The lowest BCUT2D eigenvalue weighted by Gasteiger charge is -2.10. The Morgan fingerprint density at radius 2 is 1.89 bits per heavy atom. The summed E-state index contributed by atoms with van der Waals surface area (Å²) in [6.07, 6.45) is 1.41. The predicted molar refractivity (Wildman–Crippen MR) is 95.9 cm³/mol. The highest BCUT2D eigenvalue weighted by Crippen LogP contribution is 2.29. The second kappa shape index (κ2) is 7.31. The summed E-state index contributed by atoms with van der Waals surface area (Å²) in [5, 5.41) is 33.0. The van der Waals surface area contributed by atoms with Crippen molar-refractivity contribution in [2.45, 2.75) is 6.73 Å². The van der Waals surface area contributed by atoms with Gasteiger partial charge in [-0.25, -0.2) is 0 Å². The van der Waals surface area contributed by atoms with Crippen LogP contribution in [0.1, 0.15) is 11.1 Å². The number of pyridine rings is 1. The average Bonchev–Trinajstić information content (AvgIpc) is 3.16. The SMILES string of the molecule is N#Cc1c(N)[nH]c(=O)c(C#N)c1-c1ccc(OCn2ccc([N+](=O)[O-])n2)cc1. The Morgan fingerprint density at radius 1 is 1.21 bits per heavy atom. The molecule has 2 heterocycles. The third-order valence-corrected chi connectivity index (χ3v) is 3.79. The lowest BCUT2D eigenvalue weighted by molar-refractivity contribution is -0.389. The van der Waals surface area contributed by atoms with Crippen LogP contribution in [0, 0.1) is 32.8 Å². The van der Waals surface area contributed by atoms with Gasteiger partial charge in [0.2, 0.25) is 6.73 Å². The number of hydrogen-bond donors (Lipinski definition) is 2. The largest absolute Gasteiger partial charge is 0.469 e. The highest BCUT2D eigenvalue weighted by atomic mass is 16.6. The molecule has 3 rings (SSSR count). The van der Waals surface area contributed by atoms with Crippen LogP contribution in [0.3, 0.4) is 0 Å². The summed E-state index contributed by atoms with van der Waals surface area (Å²) in [5.41, 5.74) is 5.36. The van der Waals surface area contributed by atoms with Crippen LogP contribution in [-0.2, 0) is 6.73 Å². The number of nitriles is 2. The summed E-state index contributed by atoms with van der Waals surface area (Å²) in [7, 11) is 0. The van der Waals surface area contributed by atoms with E-state index in [4.69, 9.17) is 10.5 Å². The van der Waals surface area contributed by atoms with Gasteiger partial charge in [-0.2, -0.15) is 10.5 Å². The van der Waals surface area contributed by atoms with Crippen LogP contribution in [0.15, 0.2) is 41.3 Å². The zero-order valence-electron chi connectivity index (χ0n) is 14.1. The maximum atomic E-state index is 12.0. The van der Waals surface area contributed by atoms with Gasteiger partial charge in [-0.1, -0.05) is 12.1 Å². The molecule has 0 unspecified atom stereocenters. The van der Waals surface area contributed by atoms with Crippen molar-refractivity contribution in [2.24, 2.45) is 0 Å². The molecule has 0 bridgehead atoms. The van der Waals surface area contributed by atoms with Crippen LogP contribution in [-0.4, -0.2) is 19.7 Å². The summed E-state index contributed by atoms with van der Waals surface area (Å²) in [5.74, 6) is -0.00210. The molecule has 138 valence electrons. The van der Waals surface area contributed by atoms with E-state index >= 15 is 0 Å². The fourth-order valence-corrected chi connectivity index (χ4v) is 2.51. The number of nitrogens with two attached hydrogens (primary N) is 1. The molecule has 2 aromatic heterocycles. The van der Waals surface area contributed by atoms with E-state index in [2.05, 4.69) is 10.1 Å². The number of rotatable bonds is 5. The van der Waals surface area contributed by atoms with Gasteiger partial charge in [-0.3, -0.25) is 4.79 Å². The predicted octanol–water partition coefficient (Wildman–Crippen LogP) is 1.51. The Morgan fingerprint density at radius 3 is 2.46 bits per heavy atom. The van der Waals surface area contributed by atoms with Crippen molar-refractivity contribution >= 4 is 11.6 Å². The Hall–Kier alpha value is -4.64. The molecule has 0 saturated carbocycles. The first-order chi connectivity index (χ1) is 13.4. The van der Waals surface area contributed by atoms with Crippen molar-refractivity contribution in [2.75, 3.05) is 5.73 Å². The maximum Gasteiger partial charge on any atom is 0.390 e. The van der Waals surface area contributed by atoms with Gasteiger partial charge < -0.3 is 25.6 Å². The molecule has 0 atom stereocenters. The van der Waals surface area contributed by atoms with Crippen molar-refractivity contribution in [3.05, 3.63) is 68.1 Å². The number of benzene rings is 1. The number of aromatic nitrogens is 3. The van der Waals surface area contributed by atoms with Gasteiger partial charge in [0.15, 0.2) is 0 Å². The molecular weight excluding hydrogens is 366 g/mol. The highest BCUT2D eigenvalue weighted by Gasteiger charge is 2.18. The smallest absolute Gasteiger partial charge is 0.390 e. The molecule has 0 aliphatic rings. The fourth-order valence-electron chi connectivity index (χ4n) is 2.51. The van der Waals surface area contributed by atoms with Gasteiger partial charge in [0.25, 0.3) is 5.56 Å². The zero-order chi connectivity index (χ0) is 20.3. The molecule has 0 spiro atoms. The average molecular weight is 377 g/mol. The molecule has 0 fully saturated rings. The maximum absolute atomic E-state index is 12.0. The van der Waals surface area contributed by atoms with Crippen LogP contribution < -0.4 is 16.0 Å². The molecule has 0 saturated heterocycles. The quantitative estimate of drug-likeness (QED) is 0.496. The monoisotopic (exact) mass is 377 g/mol. The second-order valence-corrected chi connectivity index (χ2v) is 5.48. The lowest BCUT2D eigenvalue weighted by Crippen LogP contribution is -2.16. The molecule has 0 radical (unpaired) electrons. The van der Waals surface area contributed by atoms with E-state index in [0.717, 1.165) is 0 Å². The third kappa shape index (κ3) is 3.36. The molecule has 0 aliphatic heterocycles. The molecule has 3 N–H and O–H groups in total. The number of ether oxygens (including phenoxy) is 1. The number of nitrogens with zero attached hydrogens (tertiary/aromatic N) is 5. The van der Waals surface area contributed by atoms with Crippen molar-refractivity contribution < 1.29 is 9.66 Å². The molecular formula is C17H11N7O4. The third-order valence-electron chi connectivity index (χ3n) is 3.79. The van der Waals surface area contributed by atoms with Gasteiger partial charge >= 0.3 is 5.82 Å². The van der Waals surface area contributed by atoms with Crippen LogP contribution in [0.5, 0.6) is 5.75 Å². The topological polar surface area (TPSA) is 177 Å². The van der Waals surface area contributed by atoms with Gasteiger partial charge in [0, 0.05) is 5.56 Å². The van der Waals surface area contributed by atoms with E-state index in [1.54, 1.807) is 30.3 Å². The second-order valence-electron chi connectivity index (χ2n) is 5.48. The van der Waals surface area contributed by atoms with Crippen molar-refractivity contribution in [3.8, 4) is 29.0 Å². The zero-order valence-corrected chi connectivity index (χ0v) is 14.1. The molecule has 11 nitrogen and oxygen atoms in total.